The molecule has 0 unspecified atom stereocenters. The van der Waals surface area contributed by atoms with Crippen molar-refractivity contribution >= 4 is 15.9 Å². The van der Waals surface area contributed by atoms with Crippen LogP contribution in [-0.4, -0.2) is 14.8 Å². The maximum absolute atomic E-state index is 4.33. The molecule has 0 atom stereocenters. The molecule has 1 saturated carbocycles. The minimum absolute atomic E-state index is 0.736. The first kappa shape index (κ1) is 11.0. The summed E-state index contributed by atoms with van der Waals surface area (Å²) in [5.41, 5.74) is 1.16. The standard InChI is InChI=1S/C13H14BrN3/c14-9-13-16-15-12(8-10-6-7-10)17(13)11-4-2-1-3-5-11/h1-5,10H,6-9H2. The zero-order chi connectivity index (χ0) is 11.7. The van der Waals surface area contributed by atoms with Crippen LogP contribution in [0.5, 0.6) is 0 Å². The highest BCUT2D eigenvalue weighted by Gasteiger charge is 2.25. The number of rotatable bonds is 4. The molecule has 3 rings (SSSR count). The zero-order valence-electron chi connectivity index (χ0n) is 9.51. The van der Waals surface area contributed by atoms with Gasteiger partial charge in [0.2, 0.25) is 0 Å². The van der Waals surface area contributed by atoms with Gasteiger partial charge in [-0.2, -0.15) is 0 Å². The van der Waals surface area contributed by atoms with Gasteiger partial charge in [-0.15, -0.1) is 10.2 Å². The molecule has 1 heterocycles. The summed E-state index contributed by atoms with van der Waals surface area (Å²) in [5, 5.41) is 9.32. The van der Waals surface area contributed by atoms with E-state index in [1.165, 1.54) is 12.8 Å². The van der Waals surface area contributed by atoms with Gasteiger partial charge < -0.3 is 0 Å². The van der Waals surface area contributed by atoms with E-state index in [1.807, 2.05) is 18.2 Å². The lowest BCUT2D eigenvalue weighted by Gasteiger charge is -2.08. The highest BCUT2D eigenvalue weighted by Crippen LogP contribution is 2.32. The van der Waals surface area contributed by atoms with Crippen molar-refractivity contribution in [1.29, 1.82) is 0 Å². The lowest BCUT2D eigenvalue weighted by atomic mass is 10.2. The molecule has 0 spiro atoms. The van der Waals surface area contributed by atoms with Gasteiger partial charge in [0, 0.05) is 12.1 Å². The summed E-state index contributed by atoms with van der Waals surface area (Å²) in [4.78, 5) is 0. The number of benzene rings is 1. The Morgan fingerprint density at radius 3 is 2.47 bits per heavy atom. The number of nitrogens with zero attached hydrogens (tertiary/aromatic N) is 3. The Balaban J connectivity index is 2.02. The molecular weight excluding hydrogens is 278 g/mol. The topological polar surface area (TPSA) is 30.7 Å². The van der Waals surface area contributed by atoms with Crippen LogP contribution in [0.15, 0.2) is 30.3 Å². The fourth-order valence-corrected chi connectivity index (χ4v) is 2.39. The van der Waals surface area contributed by atoms with E-state index in [-0.39, 0.29) is 0 Å². The van der Waals surface area contributed by atoms with E-state index in [9.17, 15) is 0 Å². The minimum Gasteiger partial charge on any atom is -0.282 e. The number of alkyl halides is 1. The van der Waals surface area contributed by atoms with Gasteiger partial charge in [0.25, 0.3) is 0 Å². The lowest BCUT2D eigenvalue weighted by Crippen LogP contribution is -2.05. The Labute approximate surface area is 109 Å². The van der Waals surface area contributed by atoms with E-state index in [2.05, 4.69) is 42.8 Å². The number of aromatic nitrogens is 3. The van der Waals surface area contributed by atoms with E-state index in [4.69, 9.17) is 0 Å². The highest BCUT2D eigenvalue weighted by molar-refractivity contribution is 9.08. The molecule has 1 fully saturated rings. The largest absolute Gasteiger partial charge is 0.282 e. The van der Waals surface area contributed by atoms with Crippen molar-refractivity contribution < 1.29 is 0 Å². The van der Waals surface area contributed by atoms with Gasteiger partial charge in [-0.3, -0.25) is 4.57 Å². The summed E-state index contributed by atoms with van der Waals surface area (Å²) in [6.45, 7) is 0. The van der Waals surface area contributed by atoms with Crippen LogP contribution in [0.3, 0.4) is 0 Å². The van der Waals surface area contributed by atoms with Crippen LogP contribution < -0.4 is 0 Å². The van der Waals surface area contributed by atoms with Gasteiger partial charge in [-0.05, 0) is 30.9 Å². The molecule has 2 aromatic rings. The molecule has 17 heavy (non-hydrogen) atoms. The molecule has 0 aliphatic heterocycles. The summed E-state index contributed by atoms with van der Waals surface area (Å²) in [6, 6.07) is 10.3. The highest BCUT2D eigenvalue weighted by atomic mass is 79.9. The summed E-state index contributed by atoms with van der Waals surface area (Å²) in [6.07, 6.45) is 3.73. The molecule has 1 aromatic heterocycles. The maximum atomic E-state index is 4.33. The Hall–Kier alpha value is -1.16. The first-order chi connectivity index (χ1) is 8.38. The van der Waals surface area contributed by atoms with E-state index < -0.39 is 0 Å². The smallest absolute Gasteiger partial charge is 0.148 e. The number of para-hydroxylation sites is 1. The van der Waals surface area contributed by atoms with Gasteiger partial charge >= 0.3 is 0 Å². The Morgan fingerprint density at radius 1 is 1.12 bits per heavy atom. The molecule has 0 bridgehead atoms. The summed E-state index contributed by atoms with van der Waals surface area (Å²) < 4.78 is 2.17. The fourth-order valence-electron chi connectivity index (χ4n) is 2.03. The number of hydrogen-bond acceptors (Lipinski definition) is 2. The normalized spacial score (nSPS) is 15.1. The number of halogens is 1. The van der Waals surface area contributed by atoms with E-state index in [1.54, 1.807) is 0 Å². The lowest BCUT2D eigenvalue weighted by molar-refractivity contribution is 0.744. The Bertz CT molecular complexity index is 503. The predicted molar refractivity (Wildman–Crippen MR) is 70.4 cm³/mol. The zero-order valence-corrected chi connectivity index (χ0v) is 11.1. The molecule has 1 aromatic carbocycles. The molecule has 0 saturated heterocycles. The third kappa shape index (κ3) is 2.27. The van der Waals surface area contributed by atoms with Gasteiger partial charge in [0.05, 0.1) is 5.33 Å². The Kier molecular flexibility index (Phi) is 2.97. The second-order valence-corrected chi connectivity index (χ2v) is 5.05. The monoisotopic (exact) mass is 291 g/mol. The number of hydrogen-bond donors (Lipinski definition) is 0. The quantitative estimate of drug-likeness (QED) is 0.811. The molecule has 4 heteroatoms. The third-order valence-electron chi connectivity index (χ3n) is 3.10. The average Bonchev–Trinajstić information content (AvgIpc) is 3.09. The molecule has 0 radical (unpaired) electrons. The van der Waals surface area contributed by atoms with Crippen molar-refractivity contribution in [3.05, 3.63) is 42.0 Å². The molecule has 88 valence electrons. The third-order valence-corrected chi connectivity index (χ3v) is 3.60. The van der Waals surface area contributed by atoms with Crippen molar-refractivity contribution in [1.82, 2.24) is 14.8 Å². The van der Waals surface area contributed by atoms with E-state index in [0.717, 1.165) is 35.0 Å². The first-order valence-corrected chi connectivity index (χ1v) is 7.05. The second-order valence-electron chi connectivity index (χ2n) is 4.48. The van der Waals surface area contributed by atoms with Gasteiger partial charge in [0.15, 0.2) is 0 Å². The van der Waals surface area contributed by atoms with Crippen LogP contribution in [0.1, 0.15) is 24.5 Å². The summed E-state index contributed by atoms with van der Waals surface area (Å²) in [7, 11) is 0. The molecule has 0 amide bonds. The molecule has 0 N–H and O–H groups in total. The summed E-state index contributed by atoms with van der Waals surface area (Å²) in [5.74, 6) is 2.89. The SMILES string of the molecule is BrCc1nnc(CC2CC2)n1-c1ccccc1. The van der Waals surface area contributed by atoms with Crippen molar-refractivity contribution in [2.75, 3.05) is 0 Å². The second kappa shape index (κ2) is 4.61. The van der Waals surface area contributed by atoms with Crippen LogP contribution in [0.4, 0.5) is 0 Å². The molecule has 3 nitrogen and oxygen atoms in total. The van der Waals surface area contributed by atoms with Crippen molar-refractivity contribution in [3.63, 3.8) is 0 Å². The molecular formula is C13H14BrN3. The van der Waals surface area contributed by atoms with Crippen LogP contribution >= 0.6 is 15.9 Å². The van der Waals surface area contributed by atoms with Gasteiger partial charge in [-0.25, -0.2) is 0 Å². The predicted octanol–water partition coefficient (Wildman–Crippen LogP) is 3.11. The molecule has 1 aliphatic rings. The molecule has 1 aliphatic carbocycles. The van der Waals surface area contributed by atoms with E-state index in [0.29, 0.717) is 0 Å². The van der Waals surface area contributed by atoms with Crippen LogP contribution in [0.25, 0.3) is 5.69 Å². The van der Waals surface area contributed by atoms with E-state index >= 15 is 0 Å². The minimum atomic E-state index is 0.736. The summed E-state index contributed by atoms with van der Waals surface area (Å²) >= 11 is 3.48. The van der Waals surface area contributed by atoms with Gasteiger partial charge in [0.1, 0.15) is 11.6 Å². The van der Waals surface area contributed by atoms with Gasteiger partial charge in [-0.1, -0.05) is 34.1 Å². The fraction of sp³-hybridized carbons (Fsp3) is 0.385. The maximum Gasteiger partial charge on any atom is 0.148 e. The van der Waals surface area contributed by atoms with Crippen molar-refractivity contribution in [2.45, 2.75) is 24.6 Å². The van der Waals surface area contributed by atoms with Crippen LogP contribution in [0.2, 0.25) is 0 Å². The van der Waals surface area contributed by atoms with Crippen molar-refractivity contribution in [2.24, 2.45) is 5.92 Å². The first-order valence-electron chi connectivity index (χ1n) is 5.93. The van der Waals surface area contributed by atoms with Crippen molar-refractivity contribution in [3.8, 4) is 5.69 Å². The Morgan fingerprint density at radius 2 is 1.82 bits per heavy atom. The van der Waals surface area contributed by atoms with Crippen LogP contribution in [-0.2, 0) is 11.8 Å². The van der Waals surface area contributed by atoms with Crippen LogP contribution in [0, 0.1) is 5.92 Å². The average molecular weight is 292 g/mol.